The molecule has 1 fully saturated rings. The van der Waals surface area contributed by atoms with Crippen molar-refractivity contribution < 1.29 is 4.79 Å². The number of carbonyl (C=O) groups excluding carboxylic acids is 1. The molecule has 2 rings (SSSR count). The minimum Gasteiger partial charge on any atom is -0.360 e. The van der Waals surface area contributed by atoms with E-state index in [9.17, 15) is 4.79 Å². The maximum Gasteiger partial charge on any atom is 0.239 e. The average Bonchev–Trinajstić information content (AvgIpc) is 2.22. The normalized spacial score (nSPS) is 16.4. The lowest BCUT2D eigenvalue weighted by Crippen LogP contribution is -2.47. The molecule has 1 N–H and O–H groups in total. The first kappa shape index (κ1) is 10.3. The summed E-state index contributed by atoms with van der Waals surface area (Å²) >= 11 is 6.04. The highest BCUT2D eigenvalue weighted by molar-refractivity contribution is 6.31. The van der Waals surface area contributed by atoms with E-state index in [-0.39, 0.29) is 5.91 Å². The Morgan fingerprint density at radius 1 is 1.47 bits per heavy atom. The molecule has 1 amide bonds. The van der Waals surface area contributed by atoms with Crippen LogP contribution in [0, 0.1) is 6.92 Å². The highest BCUT2D eigenvalue weighted by atomic mass is 35.5. The number of nitrogens with zero attached hydrogens (tertiary/aromatic N) is 1. The molecule has 1 aromatic rings. The van der Waals surface area contributed by atoms with Crippen molar-refractivity contribution in [2.24, 2.45) is 0 Å². The molecule has 1 heterocycles. The summed E-state index contributed by atoms with van der Waals surface area (Å²) in [5.41, 5.74) is 2.09. The molecule has 0 unspecified atom stereocenters. The van der Waals surface area contributed by atoms with E-state index in [4.69, 9.17) is 11.6 Å². The lowest BCUT2D eigenvalue weighted by Gasteiger charge is -2.30. The first-order valence-electron chi connectivity index (χ1n) is 4.95. The third-order valence-corrected chi connectivity index (χ3v) is 3.03. The maximum absolute atomic E-state index is 11.3. The maximum atomic E-state index is 11.3. The highest BCUT2D eigenvalue weighted by Gasteiger charge is 2.18. The van der Waals surface area contributed by atoms with Gasteiger partial charge in [0.05, 0.1) is 6.54 Å². The van der Waals surface area contributed by atoms with Gasteiger partial charge in [0, 0.05) is 23.8 Å². The Kier molecular flexibility index (Phi) is 2.82. The van der Waals surface area contributed by atoms with Crippen molar-refractivity contribution in [1.82, 2.24) is 5.32 Å². The molecule has 1 aliphatic heterocycles. The molecule has 1 saturated heterocycles. The summed E-state index contributed by atoms with van der Waals surface area (Å²) in [6, 6.07) is 5.78. The van der Waals surface area contributed by atoms with E-state index < -0.39 is 0 Å². The molecule has 0 saturated carbocycles. The monoisotopic (exact) mass is 224 g/mol. The predicted octanol–water partition coefficient (Wildman–Crippen LogP) is 1.58. The van der Waals surface area contributed by atoms with E-state index in [0.29, 0.717) is 13.1 Å². The van der Waals surface area contributed by atoms with Crippen LogP contribution in [0.15, 0.2) is 18.2 Å². The number of carbonyl (C=O) groups is 1. The fraction of sp³-hybridized carbons (Fsp3) is 0.364. The van der Waals surface area contributed by atoms with E-state index in [1.54, 1.807) is 0 Å². The van der Waals surface area contributed by atoms with Crippen LogP contribution in [0.2, 0.25) is 5.02 Å². The summed E-state index contributed by atoms with van der Waals surface area (Å²) in [5.74, 6) is 0.0700. The molecule has 4 heteroatoms. The van der Waals surface area contributed by atoms with Crippen molar-refractivity contribution in [3.8, 4) is 0 Å². The minimum absolute atomic E-state index is 0.0700. The van der Waals surface area contributed by atoms with Gasteiger partial charge in [0.2, 0.25) is 5.91 Å². The summed E-state index contributed by atoms with van der Waals surface area (Å²) in [7, 11) is 0. The second kappa shape index (κ2) is 4.11. The Morgan fingerprint density at radius 3 is 3.00 bits per heavy atom. The van der Waals surface area contributed by atoms with Crippen molar-refractivity contribution >= 4 is 23.2 Å². The second-order valence-electron chi connectivity index (χ2n) is 3.66. The second-order valence-corrected chi connectivity index (χ2v) is 4.06. The summed E-state index contributed by atoms with van der Waals surface area (Å²) < 4.78 is 0. The Balaban J connectivity index is 2.28. The van der Waals surface area contributed by atoms with Gasteiger partial charge in [0.1, 0.15) is 0 Å². The number of amides is 1. The lowest BCUT2D eigenvalue weighted by atomic mass is 10.1. The van der Waals surface area contributed by atoms with Crippen molar-refractivity contribution in [2.45, 2.75) is 6.92 Å². The van der Waals surface area contributed by atoms with Crippen molar-refractivity contribution in [3.63, 3.8) is 0 Å². The van der Waals surface area contributed by atoms with E-state index >= 15 is 0 Å². The van der Waals surface area contributed by atoms with Gasteiger partial charge in [-0.05, 0) is 24.6 Å². The van der Waals surface area contributed by atoms with Crippen molar-refractivity contribution in [1.29, 1.82) is 0 Å². The molecular weight excluding hydrogens is 212 g/mol. The van der Waals surface area contributed by atoms with Crippen LogP contribution in [0.25, 0.3) is 0 Å². The Bertz CT molecular complexity index is 392. The Morgan fingerprint density at radius 2 is 2.27 bits per heavy atom. The SMILES string of the molecule is Cc1c(Cl)cccc1N1CCNC(=O)C1. The van der Waals surface area contributed by atoms with E-state index in [2.05, 4.69) is 10.2 Å². The molecule has 0 aromatic heterocycles. The molecule has 0 aliphatic carbocycles. The van der Waals surface area contributed by atoms with Gasteiger partial charge in [-0.3, -0.25) is 4.79 Å². The molecular formula is C11H13ClN2O. The summed E-state index contributed by atoms with van der Waals surface area (Å²) in [5, 5.41) is 3.55. The largest absolute Gasteiger partial charge is 0.360 e. The zero-order valence-electron chi connectivity index (χ0n) is 8.59. The number of hydrogen-bond donors (Lipinski definition) is 1. The van der Waals surface area contributed by atoms with Crippen LogP contribution in [-0.4, -0.2) is 25.5 Å². The number of halogens is 1. The number of piperazine rings is 1. The highest BCUT2D eigenvalue weighted by Crippen LogP contribution is 2.26. The van der Waals surface area contributed by atoms with Crippen LogP contribution >= 0.6 is 11.6 Å². The molecule has 1 aliphatic rings. The third-order valence-electron chi connectivity index (χ3n) is 2.62. The van der Waals surface area contributed by atoms with Gasteiger partial charge < -0.3 is 10.2 Å². The van der Waals surface area contributed by atoms with Gasteiger partial charge >= 0.3 is 0 Å². The summed E-state index contributed by atoms with van der Waals surface area (Å²) in [6.45, 7) is 3.93. The van der Waals surface area contributed by atoms with Crippen molar-refractivity contribution in [2.75, 3.05) is 24.5 Å². The smallest absolute Gasteiger partial charge is 0.239 e. The van der Waals surface area contributed by atoms with E-state index in [1.165, 1.54) is 0 Å². The standard InChI is InChI=1S/C11H13ClN2O/c1-8-9(12)3-2-4-10(8)14-6-5-13-11(15)7-14/h2-4H,5-7H2,1H3,(H,13,15). The number of nitrogens with one attached hydrogen (secondary N) is 1. The zero-order valence-corrected chi connectivity index (χ0v) is 9.34. The number of anilines is 1. The third kappa shape index (κ3) is 2.07. The van der Waals surface area contributed by atoms with Gasteiger partial charge in [-0.1, -0.05) is 17.7 Å². The molecule has 15 heavy (non-hydrogen) atoms. The quantitative estimate of drug-likeness (QED) is 0.786. The van der Waals surface area contributed by atoms with Crippen LogP contribution in [0.5, 0.6) is 0 Å². The fourth-order valence-corrected chi connectivity index (χ4v) is 1.95. The van der Waals surface area contributed by atoms with Crippen LogP contribution in [-0.2, 0) is 4.79 Å². The topological polar surface area (TPSA) is 32.3 Å². The number of hydrogen-bond acceptors (Lipinski definition) is 2. The summed E-state index contributed by atoms with van der Waals surface area (Å²) in [4.78, 5) is 13.3. The van der Waals surface area contributed by atoms with Crippen LogP contribution in [0.1, 0.15) is 5.56 Å². The first-order valence-corrected chi connectivity index (χ1v) is 5.33. The first-order chi connectivity index (χ1) is 7.18. The van der Waals surface area contributed by atoms with Crippen LogP contribution in [0.3, 0.4) is 0 Å². The van der Waals surface area contributed by atoms with E-state index in [0.717, 1.165) is 22.8 Å². The lowest BCUT2D eigenvalue weighted by molar-refractivity contribution is -0.120. The van der Waals surface area contributed by atoms with Crippen LogP contribution < -0.4 is 10.2 Å². The van der Waals surface area contributed by atoms with Crippen molar-refractivity contribution in [3.05, 3.63) is 28.8 Å². The van der Waals surface area contributed by atoms with E-state index in [1.807, 2.05) is 25.1 Å². The van der Waals surface area contributed by atoms with Crippen LogP contribution in [0.4, 0.5) is 5.69 Å². The molecule has 3 nitrogen and oxygen atoms in total. The van der Waals surface area contributed by atoms with Gasteiger partial charge in [-0.15, -0.1) is 0 Å². The number of benzene rings is 1. The predicted molar refractivity (Wildman–Crippen MR) is 61.4 cm³/mol. The van der Waals surface area contributed by atoms with Gasteiger partial charge in [0.15, 0.2) is 0 Å². The van der Waals surface area contributed by atoms with Gasteiger partial charge in [-0.25, -0.2) is 0 Å². The Hall–Kier alpha value is -1.22. The minimum atomic E-state index is 0.0700. The Labute approximate surface area is 94.0 Å². The molecule has 0 spiro atoms. The zero-order chi connectivity index (χ0) is 10.8. The van der Waals surface area contributed by atoms with Gasteiger partial charge in [0.25, 0.3) is 0 Å². The molecule has 80 valence electrons. The fourth-order valence-electron chi connectivity index (χ4n) is 1.78. The van der Waals surface area contributed by atoms with Gasteiger partial charge in [-0.2, -0.15) is 0 Å². The molecule has 1 aromatic carbocycles. The molecule has 0 atom stereocenters. The summed E-state index contributed by atoms with van der Waals surface area (Å²) in [6.07, 6.45) is 0. The number of rotatable bonds is 1. The molecule has 0 bridgehead atoms. The average molecular weight is 225 g/mol. The molecule has 0 radical (unpaired) electrons.